The molecule has 1 N–H and O–H groups in total. The van der Waals surface area contributed by atoms with Crippen LogP contribution in [0.15, 0.2) is 42.5 Å². The number of anilines is 1. The van der Waals surface area contributed by atoms with E-state index < -0.39 is 34.1 Å². The Bertz CT molecular complexity index is 984. The lowest BCUT2D eigenvalue weighted by atomic mass is 9.86. The molecule has 1 atom stereocenters. The molecule has 1 amide bonds. The highest BCUT2D eigenvalue weighted by Crippen LogP contribution is 2.24. The van der Waals surface area contributed by atoms with E-state index in [1.54, 1.807) is 6.92 Å². The molecule has 0 aliphatic carbocycles. The Hall–Kier alpha value is -2.48. The van der Waals surface area contributed by atoms with Gasteiger partial charge in [0.05, 0.1) is 18.0 Å². The van der Waals surface area contributed by atoms with Gasteiger partial charge in [0.1, 0.15) is 6.54 Å². The molecule has 0 aliphatic rings. The first-order chi connectivity index (χ1) is 13.3. The number of sulfonamides is 1. The maximum atomic E-state index is 13.5. The van der Waals surface area contributed by atoms with E-state index in [2.05, 4.69) is 26.1 Å². The van der Waals surface area contributed by atoms with Crippen LogP contribution in [0.2, 0.25) is 0 Å². The van der Waals surface area contributed by atoms with Crippen molar-refractivity contribution in [1.82, 2.24) is 5.32 Å². The van der Waals surface area contributed by atoms with E-state index in [0.29, 0.717) is 0 Å². The summed E-state index contributed by atoms with van der Waals surface area (Å²) >= 11 is 0. The van der Waals surface area contributed by atoms with Crippen molar-refractivity contribution in [1.29, 1.82) is 0 Å². The van der Waals surface area contributed by atoms with E-state index in [-0.39, 0.29) is 17.1 Å². The van der Waals surface area contributed by atoms with Crippen LogP contribution in [0.25, 0.3) is 0 Å². The molecule has 0 saturated carbocycles. The second kappa shape index (κ2) is 8.49. The van der Waals surface area contributed by atoms with Crippen LogP contribution in [0.1, 0.15) is 44.9 Å². The minimum Gasteiger partial charge on any atom is -0.348 e. The Morgan fingerprint density at radius 2 is 1.66 bits per heavy atom. The summed E-state index contributed by atoms with van der Waals surface area (Å²) < 4.78 is 51.6. The van der Waals surface area contributed by atoms with Gasteiger partial charge in [-0.2, -0.15) is 0 Å². The van der Waals surface area contributed by atoms with Crippen LogP contribution in [-0.2, 0) is 20.2 Å². The smallest absolute Gasteiger partial charge is 0.241 e. The molecule has 0 radical (unpaired) electrons. The summed E-state index contributed by atoms with van der Waals surface area (Å²) in [6.45, 7) is 7.54. The van der Waals surface area contributed by atoms with E-state index in [1.807, 2.05) is 24.3 Å². The van der Waals surface area contributed by atoms with Gasteiger partial charge in [0.2, 0.25) is 15.9 Å². The van der Waals surface area contributed by atoms with Crippen molar-refractivity contribution in [2.75, 3.05) is 17.1 Å². The summed E-state index contributed by atoms with van der Waals surface area (Å²) in [5.74, 6) is -2.85. The number of hydrogen-bond donors (Lipinski definition) is 1. The Labute approximate surface area is 170 Å². The Morgan fingerprint density at radius 1 is 1.07 bits per heavy atom. The molecule has 0 fully saturated rings. The first-order valence-electron chi connectivity index (χ1n) is 9.11. The maximum Gasteiger partial charge on any atom is 0.241 e. The molecule has 2 aromatic carbocycles. The van der Waals surface area contributed by atoms with Gasteiger partial charge >= 0.3 is 0 Å². The first-order valence-corrected chi connectivity index (χ1v) is 11.0. The minimum atomic E-state index is -3.88. The van der Waals surface area contributed by atoms with Gasteiger partial charge in [-0.15, -0.1) is 0 Å². The van der Waals surface area contributed by atoms with Crippen LogP contribution in [-0.4, -0.2) is 27.1 Å². The molecule has 158 valence electrons. The molecule has 0 aromatic heterocycles. The van der Waals surface area contributed by atoms with Gasteiger partial charge in [0.25, 0.3) is 0 Å². The topological polar surface area (TPSA) is 66.5 Å². The maximum absolute atomic E-state index is 13.5. The lowest BCUT2D eigenvalue weighted by Crippen LogP contribution is -2.41. The van der Waals surface area contributed by atoms with Gasteiger partial charge in [0, 0.05) is 6.07 Å². The molecule has 29 heavy (non-hydrogen) atoms. The van der Waals surface area contributed by atoms with Crippen molar-refractivity contribution in [3.05, 3.63) is 65.2 Å². The Balaban J connectivity index is 2.14. The summed E-state index contributed by atoms with van der Waals surface area (Å²) in [7, 11) is -3.88. The highest BCUT2D eigenvalue weighted by molar-refractivity contribution is 7.92. The van der Waals surface area contributed by atoms with Crippen LogP contribution in [0.5, 0.6) is 0 Å². The molecule has 0 heterocycles. The predicted octanol–water partition coefficient (Wildman–Crippen LogP) is 3.91. The molecule has 2 rings (SSSR count). The number of carbonyl (C=O) groups is 1. The molecular formula is C21H26F2N2O3S. The van der Waals surface area contributed by atoms with E-state index >= 15 is 0 Å². The van der Waals surface area contributed by atoms with Crippen LogP contribution in [0.4, 0.5) is 14.5 Å². The molecule has 0 spiro atoms. The predicted molar refractivity (Wildman–Crippen MR) is 110 cm³/mol. The zero-order valence-electron chi connectivity index (χ0n) is 17.2. The van der Waals surface area contributed by atoms with Crippen molar-refractivity contribution in [2.45, 2.75) is 39.2 Å². The van der Waals surface area contributed by atoms with Gasteiger partial charge in [0.15, 0.2) is 11.6 Å². The molecule has 5 nitrogen and oxygen atoms in total. The average molecular weight is 425 g/mol. The molecule has 2 aromatic rings. The standard InChI is InChI=1S/C21H26F2N2O3S/c1-14(15-6-8-16(9-7-15)21(2,3)4)24-20(26)13-25(29(5,27)28)17-10-11-18(22)19(23)12-17/h6-12,14H,13H2,1-5H3,(H,24,26)/t14-/m0/s1. The fraction of sp³-hybridized carbons (Fsp3) is 0.381. The van der Waals surface area contributed by atoms with Crippen LogP contribution < -0.4 is 9.62 Å². The van der Waals surface area contributed by atoms with E-state index in [4.69, 9.17) is 0 Å². The highest BCUT2D eigenvalue weighted by Gasteiger charge is 2.23. The average Bonchev–Trinajstić information content (AvgIpc) is 2.60. The second-order valence-electron chi connectivity index (χ2n) is 8.03. The van der Waals surface area contributed by atoms with Gasteiger partial charge in [-0.05, 0) is 35.6 Å². The first kappa shape index (κ1) is 22.8. The normalized spacial score (nSPS) is 13.1. The number of rotatable bonds is 6. The van der Waals surface area contributed by atoms with Crippen molar-refractivity contribution in [3.63, 3.8) is 0 Å². The van der Waals surface area contributed by atoms with Crippen LogP contribution in [0.3, 0.4) is 0 Å². The summed E-state index contributed by atoms with van der Waals surface area (Å²) in [4.78, 5) is 12.5. The molecule has 0 saturated heterocycles. The summed E-state index contributed by atoms with van der Waals surface area (Å²) in [6, 6.07) is 10.1. The zero-order chi connectivity index (χ0) is 22.0. The lowest BCUT2D eigenvalue weighted by molar-refractivity contribution is -0.120. The SMILES string of the molecule is C[C@H](NC(=O)CN(c1ccc(F)c(F)c1)S(C)(=O)=O)c1ccc(C(C)(C)C)cc1. The van der Waals surface area contributed by atoms with Gasteiger partial charge < -0.3 is 5.32 Å². The Morgan fingerprint density at radius 3 is 2.14 bits per heavy atom. The third kappa shape index (κ3) is 6.00. The monoisotopic (exact) mass is 424 g/mol. The zero-order valence-corrected chi connectivity index (χ0v) is 18.0. The third-order valence-electron chi connectivity index (χ3n) is 4.53. The number of nitrogens with one attached hydrogen (secondary N) is 1. The summed E-state index contributed by atoms with van der Waals surface area (Å²) in [6.07, 6.45) is 0.899. The molecule has 8 heteroatoms. The molecule has 0 bridgehead atoms. The van der Waals surface area contributed by atoms with Crippen LogP contribution >= 0.6 is 0 Å². The molecule has 0 aliphatic heterocycles. The van der Waals surface area contributed by atoms with E-state index in [1.165, 1.54) is 0 Å². The van der Waals surface area contributed by atoms with Crippen molar-refractivity contribution < 1.29 is 22.0 Å². The molecule has 0 unspecified atom stereocenters. The van der Waals surface area contributed by atoms with E-state index in [0.717, 1.165) is 39.9 Å². The van der Waals surface area contributed by atoms with Gasteiger partial charge in [-0.25, -0.2) is 17.2 Å². The largest absolute Gasteiger partial charge is 0.348 e. The molecular weight excluding hydrogens is 398 g/mol. The lowest BCUT2D eigenvalue weighted by Gasteiger charge is -2.24. The number of halogens is 2. The number of nitrogens with zero attached hydrogens (tertiary/aromatic N) is 1. The van der Waals surface area contributed by atoms with Crippen molar-refractivity contribution in [3.8, 4) is 0 Å². The van der Waals surface area contributed by atoms with Crippen molar-refractivity contribution in [2.24, 2.45) is 0 Å². The fourth-order valence-electron chi connectivity index (χ4n) is 2.81. The number of amides is 1. The minimum absolute atomic E-state index is 0.00539. The number of hydrogen-bond acceptors (Lipinski definition) is 3. The third-order valence-corrected chi connectivity index (χ3v) is 5.67. The van der Waals surface area contributed by atoms with Gasteiger partial charge in [-0.3, -0.25) is 9.10 Å². The number of carbonyl (C=O) groups excluding carboxylic acids is 1. The fourth-order valence-corrected chi connectivity index (χ4v) is 3.66. The van der Waals surface area contributed by atoms with Crippen molar-refractivity contribution >= 4 is 21.6 Å². The van der Waals surface area contributed by atoms with E-state index in [9.17, 15) is 22.0 Å². The number of benzene rings is 2. The summed E-state index contributed by atoms with van der Waals surface area (Å²) in [5.41, 5.74) is 1.90. The summed E-state index contributed by atoms with van der Waals surface area (Å²) in [5, 5.41) is 2.74. The second-order valence-corrected chi connectivity index (χ2v) is 9.94. The van der Waals surface area contributed by atoms with Gasteiger partial charge in [-0.1, -0.05) is 45.0 Å². The van der Waals surface area contributed by atoms with Crippen LogP contribution in [0, 0.1) is 11.6 Å². The quantitative estimate of drug-likeness (QED) is 0.765. The Kier molecular flexibility index (Phi) is 6.67. The highest BCUT2D eigenvalue weighted by atomic mass is 32.2.